The molecule has 1 aromatic heterocycles. The fourth-order valence-electron chi connectivity index (χ4n) is 3.15. The quantitative estimate of drug-likeness (QED) is 0.398. The Morgan fingerprint density at radius 1 is 0.769 bits per heavy atom. The van der Waals surface area contributed by atoms with E-state index in [9.17, 15) is 0 Å². The Hall–Kier alpha value is -2.58. The predicted molar refractivity (Wildman–Crippen MR) is 116 cm³/mol. The zero-order valence-electron chi connectivity index (χ0n) is 15.4. The van der Waals surface area contributed by atoms with Crippen molar-refractivity contribution in [2.75, 3.05) is 5.32 Å². The fraction of sp³-hybridized carbons (Fsp3) is 0.167. The first kappa shape index (κ1) is 16.9. The normalized spacial score (nSPS) is 11.7. The molecule has 0 aliphatic heterocycles. The molecular weight excluding hydrogens is 334 g/mol. The molecule has 0 saturated carbocycles. The molecule has 1 heterocycles. The van der Waals surface area contributed by atoms with Crippen LogP contribution >= 0.6 is 11.3 Å². The van der Waals surface area contributed by atoms with Gasteiger partial charge < -0.3 is 5.32 Å². The maximum atomic E-state index is 3.59. The zero-order chi connectivity index (χ0) is 18.1. The molecule has 0 aliphatic rings. The van der Waals surface area contributed by atoms with E-state index in [0.29, 0.717) is 0 Å². The number of hydrogen-bond donors (Lipinski definition) is 1. The first-order valence-corrected chi connectivity index (χ1v) is 9.83. The minimum absolute atomic E-state index is 0.179. The highest BCUT2D eigenvalue weighted by Crippen LogP contribution is 2.35. The van der Waals surface area contributed by atoms with Crippen molar-refractivity contribution < 1.29 is 0 Å². The van der Waals surface area contributed by atoms with Crippen molar-refractivity contribution in [3.8, 4) is 11.1 Å². The molecule has 0 unspecified atom stereocenters. The lowest BCUT2D eigenvalue weighted by Crippen LogP contribution is -2.10. The molecule has 0 aliphatic carbocycles. The van der Waals surface area contributed by atoms with Crippen molar-refractivity contribution in [2.45, 2.75) is 26.2 Å². The summed E-state index contributed by atoms with van der Waals surface area (Å²) >= 11 is 1.78. The van der Waals surface area contributed by atoms with E-state index < -0.39 is 0 Å². The van der Waals surface area contributed by atoms with Crippen molar-refractivity contribution in [2.24, 2.45) is 0 Å². The van der Waals surface area contributed by atoms with Gasteiger partial charge in [-0.2, -0.15) is 0 Å². The fourth-order valence-corrected chi connectivity index (χ4v) is 4.02. The summed E-state index contributed by atoms with van der Waals surface area (Å²) < 4.78 is 1.30. The minimum Gasteiger partial charge on any atom is -0.354 e. The SMILES string of the molecule is CC(C)(C)c1ccc(Nc2csc3ccc(-c4ccccc4)cc23)cc1. The van der Waals surface area contributed by atoms with Gasteiger partial charge in [0.05, 0.1) is 5.69 Å². The van der Waals surface area contributed by atoms with Gasteiger partial charge in [0.15, 0.2) is 0 Å². The van der Waals surface area contributed by atoms with Gasteiger partial charge in [0, 0.05) is 21.2 Å². The third-order valence-electron chi connectivity index (χ3n) is 4.71. The molecular formula is C24H23NS. The van der Waals surface area contributed by atoms with Gasteiger partial charge in [-0.3, -0.25) is 0 Å². The van der Waals surface area contributed by atoms with Crippen LogP contribution in [-0.4, -0.2) is 0 Å². The number of benzene rings is 3. The zero-order valence-corrected chi connectivity index (χ0v) is 16.2. The molecule has 0 saturated heterocycles. The van der Waals surface area contributed by atoms with Crippen molar-refractivity contribution in [1.82, 2.24) is 0 Å². The summed E-state index contributed by atoms with van der Waals surface area (Å²) in [7, 11) is 0. The van der Waals surface area contributed by atoms with Gasteiger partial charge in [0.1, 0.15) is 0 Å². The van der Waals surface area contributed by atoms with E-state index in [4.69, 9.17) is 0 Å². The predicted octanol–water partition coefficient (Wildman–Crippen LogP) is 7.61. The summed E-state index contributed by atoms with van der Waals surface area (Å²) in [6.45, 7) is 6.73. The standard InChI is InChI=1S/C24H23NS/c1-24(2,3)19-10-12-20(13-11-19)25-22-16-26-23-14-9-18(15-21(22)23)17-7-5-4-6-8-17/h4-16,25H,1-3H3. The topological polar surface area (TPSA) is 12.0 Å². The molecule has 130 valence electrons. The van der Waals surface area contributed by atoms with Crippen LogP contribution in [0.1, 0.15) is 26.3 Å². The van der Waals surface area contributed by atoms with E-state index in [-0.39, 0.29) is 5.41 Å². The lowest BCUT2D eigenvalue weighted by Gasteiger charge is -2.19. The molecule has 0 radical (unpaired) electrons. The Labute approximate surface area is 159 Å². The van der Waals surface area contributed by atoms with Crippen LogP contribution in [0, 0.1) is 0 Å². The molecule has 0 fully saturated rings. The molecule has 0 bridgehead atoms. The Kier molecular flexibility index (Phi) is 4.29. The number of anilines is 2. The van der Waals surface area contributed by atoms with Gasteiger partial charge in [0.25, 0.3) is 0 Å². The Balaban J connectivity index is 1.66. The first-order valence-electron chi connectivity index (χ1n) is 8.95. The highest BCUT2D eigenvalue weighted by molar-refractivity contribution is 7.17. The van der Waals surface area contributed by atoms with Gasteiger partial charge in [-0.1, -0.05) is 69.3 Å². The van der Waals surface area contributed by atoms with Crippen molar-refractivity contribution >= 4 is 32.8 Å². The molecule has 1 N–H and O–H groups in total. The molecule has 1 nitrogen and oxygen atoms in total. The van der Waals surface area contributed by atoms with Gasteiger partial charge in [-0.05, 0) is 46.4 Å². The van der Waals surface area contributed by atoms with E-state index in [0.717, 1.165) is 5.69 Å². The summed E-state index contributed by atoms with van der Waals surface area (Å²) in [4.78, 5) is 0. The third-order valence-corrected chi connectivity index (χ3v) is 5.67. The Bertz CT molecular complexity index is 1020. The molecule has 3 aromatic carbocycles. The summed E-state index contributed by atoms with van der Waals surface area (Å²) in [5.41, 5.74) is 6.33. The lowest BCUT2D eigenvalue weighted by atomic mass is 9.87. The van der Waals surface area contributed by atoms with Crippen LogP contribution in [0.3, 0.4) is 0 Å². The maximum absolute atomic E-state index is 3.59. The molecule has 2 heteroatoms. The second kappa shape index (κ2) is 6.62. The van der Waals surface area contributed by atoms with Gasteiger partial charge >= 0.3 is 0 Å². The first-order chi connectivity index (χ1) is 12.5. The van der Waals surface area contributed by atoms with E-state index >= 15 is 0 Å². The number of nitrogens with one attached hydrogen (secondary N) is 1. The second-order valence-electron chi connectivity index (χ2n) is 7.68. The number of rotatable bonds is 3. The Morgan fingerprint density at radius 3 is 2.19 bits per heavy atom. The van der Waals surface area contributed by atoms with Crippen LogP contribution < -0.4 is 5.32 Å². The number of thiophene rings is 1. The van der Waals surface area contributed by atoms with E-state index in [2.05, 4.69) is 104 Å². The average molecular weight is 358 g/mol. The van der Waals surface area contributed by atoms with Crippen LogP contribution in [0.2, 0.25) is 0 Å². The molecule has 0 atom stereocenters. The highest BCUT2D eigenvalue weighted by Gasteiger charge is 2.13. The Morgan fingerprint density at radius 2 is 1.50 bits per heavy atom. The molecule has 26 heavy (non-hydrogen) atoms. The summed E-state index contributed by atoms with van der Waals surface area (Å²) in [6.07, 6.45) is 0. The van der Waals surface area contributed by atoms with Crippen LogP contribution in [0.4, 0.5) is 11.4 Å². The summed E-state index contributed by atoms with van der Waals surface area (Å²) in [5.74, 6) is 0. The maximum Gasteiger partial charge on any atom is 0.0573 e. The highest BCUT2D eigenvalue weighted by atomic mass is 32.1. The number of fused-ring (bicyclic) bond motifs is 1. The minimum atomic E-state index is 0.179. The van der Waals surface area contributed by atoms with E-state index in [1.807, 2.05) is 0 Å². The van der Waals surface area contributed by atoms with Crippen molar-refractivity contribution in [3.63, 3.8) is 0 Å². The van der Waals surface area contributed by atoms with Gasteiger partial charge in [-0.15, -0.1) is 11.3 Å². The van der Waals surface area contributed by atoms with Crippen molar-refractivity contribution in [3.05, 3.63) is 83.7 Å². The monoisotopic (exact) mass is 357 g/mol. The second-order valence-corrected chi connectivity index (χ2v) is 8.59. The van der Waals surface area contributed by atoms with Crippen LogP contribution in [-0.2, 0) is 5.41 Å². The molecule has 4 aromatic rings. The lowest BCUT2D eigenvalue weighted by molar-refractivity contribution is 0.590. The third kappa shape index (κ3) is 3.38. The number of hydrogen-bond acceptors (Lipinski definition) is 2. The van der Waals surface area contributed by atoms with Crippen LogP contribution in [0.25, 0.3) is 21.2 Å². The van der Waals surface area contributed by atoms with E-state index in [1.54, 1.807) is 11.3 Å². The molecule has 4 rings (SSSR count). The van der Waals surface area contributed by atoms with Crippen LogP contribution in [0.15, 0.2) is 78.2 Å². The summed E-state index contributed by atoms with van der Waals surface area (Å²) in [5, 5.41) is 7.07. The van der Waals surface area contributed by atoms with Gasteiger partial charge in [-0.25, -0.2) is 0 Å². The van der Waals surface area contributed by atoms with Crippen molar-refractivity contribution in [1.29, 1.82) is 0 Å². The smallest absolute Gasteiger partial charge is 0.0573 e. The van der Waals surface area contributed by atoms with Crippen LogP contribution in [0.5, 0.6) is 0 Å². The van der Waals surface area contributed by atoms with Gasteiger partial charge in [0.2, 0.25) is 0 Å². The van der Waals surface area contributed by atoms with E-state index in [1.165, 1.54) is 32.5 Å². The average Bonchev–Trinajstić information content (AvgIpc) is 3.04. The largest absolute Gasteiger partial charge is 0.354 e. The molecule has 0 amide bonds. The molecule has 0 spiro atoms. The summed E-state index contributed by atoms with van der Waals surface area (Å²) in [6, 6.07) is 26.0.